The molecule has 0 saturated carbocycles. The molecular formula is C13H17ClN2. The number of fused-ring (bicyclic) bond motifs is 1. The molecule has 1 heterocycles. The lowest BCUT2D eigenvalue weighted by Crippen LogP contribution is -2.35. The Balaban J connectivity index is 2.28. The molecule has 2 aromatic rings. The summed E-state index contributed by atoms with van der Waals surface area (Å²) in [6.45, 7) is 7.19. The van der Waals surface area contributed by atoms with Crippen molar-refractivity contribution in [2.45, 2.75) is 32.9 Å². The predicted molar refractivity (Wildman–Crippen MR) is 69.9 cm³/mol. The highest BCUT2D eigenvalue weighted by Gasteiger charge is 2.12. The van der Waals surface area contributed by atoms with Gasteiger partial charge in [-0.15, -0.1) is 0 Å². The molecule has 1 aromatic carbocycles. The lowest BCUT2D eigenvalue weighted by atomic mass is 10.1. The van der Waals surface area contributed by atoms with E-state index in [0.29, 0.717) is 0 Å². The van der Waals surface area contributed by atoms with Crippen LogP contribution >= 0.6 is 11.6 Å². The van der Waals surface area contributed by atoms with Crippen molar-refractivity contribution in [3.8, 4) is 0 Å². The fourth-order valence-electron chi connectivity index (χ4n) is 1.64. The first kappa shape index (κ1) is 11.5. The van der Waals surface area contributed by atoms with Crippen molar-refractivity contribution in [2.24, 2.45) is 0 Å². The Morgan fingerprint density at radius 3 is 2.56 bits per heavy atom. The van der Waals surface area contributed by atoms with E-state index in [0.717, 1.165) is 28.2 Å². The van der Waals surface area contributed by atoms with Gasteiger partial charge in [-0.3, -0.25) is 0 Å². The topological polar surface area (TPSA) is 27.8 Å². The second-order valence-corrected chi connectivity index (χ2v) is 5.44. The van der Waals surface area contributed by atoms with Gasteiger partial charge in [0.05, 0.1) is 5.02 Å². The molecule has 0 aliphatic carbocycles. The van der Waals surface area contributed by atoms with Crippen molar-refractivity contribution in [1.29, 1.82) is 0 Å². The van der Waals surface area contributed by atoms with Crippen LogP contribution in [0, 0.1) is 0 Å². The zero-order valence-corrected chi connectivity index (χ0v) is 10.7. The number of halogens is 1. The lowest BCUT2D eigenvalue weighted by molar-refractivity contribution is 0.422. The molecule has 0 saturated heterocycles. The van der Waals surface area contributed by atoms with Gasteiger partial charge in [0.2, 0.25) is 0 Å². The maximum absolute atomic E-state index is 6.31. The van der Waals surface area contributed by atoms with E-state index in [9.17, 15) is 0 Å². The van der Waals surface area contributed by atoms with Crippen molar-refractivity contribution in [3.05, 3.63) is 35.0 Å². The molecule has 1 aromatic heterocycles. The van der Waals surface area contributed by atoms with E-state index in [2.05, 4.69) is 31.1 Å². The summed E-state index contributed by atoms with van der Waals surface area (Å²) in [6.07, 6.45) is 0. The van der Waals surface area contributed by atoms with Crippen LogP contribution in [-0.2, 0) is 6.54 Å². The molecule has 0 aliphatic heterocycles. The number of nitrogens with one attached hydrogen (secondary N) is 2. The first-order valence-electron chi connectivity index (χ1n) is 5.47. The third-order valence-electron chi connectivity index (χ3n) is 2.51. The summed E-state index contributed by atoms with van der Waals surface area (Å²) in [5.41, 5.74) is 2.25. The normalized spacial score (nSPS) is 12.2. The molecule has 0 amide bonds. The molecule has 0 spiro atoms. The number of hydrogen-bond acceptors (Lipinski definition) is 1. The summed E-state index contributed by atoms with van der Waals surface area (Å²) in [4.78, 5) is 3.34. The zero-order chi connectivity index (χ0) is 11.8. The molecule has 0 bridgehead atoms. The Morgan fingerprint density at radius 1 is 1.25 bits per heavy atom. The van der Waals surface area contributed by atoms with Crippen molar-refractivity contribution in [1.82, 2.24) is 10.3 Å². The van der Waals surface area contributed by atoms with Gasteiger partial charge in [0.15, 0.2) is 0 Å². The Hall–Kier alpha value is -0.990. The summed E-state index contributed by atoms with van der Waals surface area (Å²) in [7, 11) is 0. The highest BCUT2D eigenvalue weighted by Crippen LogP contribution is 2.27. The van der Waals surface area contributed by atoms with Gasteiger partial charge in [-0.1, -0.05) is 29.8 Å². The summed E-state index contributed by atoms with van der Waals surface area (Å²) >= 11 is 6.31. The van der Waals surface area contributed by atoms with E-state index in [1.807, 2.05) is 24.3 Å². The minimum atomic E-state index is 0.0978. The summed E-state index contributed by atoms with van der Waals surface area (Å²) in [6, 6.07) is 8.09. The van der Waals surface area contributed by atoms with Crippen LogP contribution in [0.3, 0.4) is 0 Å². The minimum Gasteiger partial charge on any atom is -0.356 e. The quantitative estimate of drug-likeness (QED) is 0.818. The number of aromatic amines is 1. The monoisotopic (exact) mass is 236 g/mol. The van der Waals surface area contributed by atoms with Crippen molar-refractivity contribution < 1.29 is 0 Å². The predicted octanol–water partition coefficient (Wildman–Crippen LogP) is 3.71. The van der Waals surface area contributed by atoms with Crippen LogP contribution < -0.4 is 5.32 Å². The molecule has 2 rings (SSSR count). The van der Waals surface area contributed by atoms with Gasteiger partial charge in [0, 0.05) is 28.7 Å². The van der Waals surface area contributed by atoms with Crippen molar-refractivity contribution in [3.63, 3.8) is 0 Å². The molecule has 0 aliphatic rings. The molecular weight excluding hydrogens is 220 g/mol. The molecule has 0 radical (unpaired) electrons. The molecule has 3 heteroatoms. The van der Waals surface area contributed by atoms with Crippen LogP contribution in [0.1, 0.15) is 26.5 Å². The van der Waals surface area contributed by atoms with E-state index in [1.165, 1.54) is 0 Å². The first-order valence-corrected chi connectivity index (χ1v) is 5.85. The first-order chi connectivity index (χ1) is 7.47. The number of para-hydroxylation sites is 1. The Bertz CT molecular complexity index is 494. The number of hydrogen-bond donors (Lipinski definition) is 2. The van der Waals surface area contributed by atoms with Crippen LogP contribution in [0.4, 0.5) is 0 Å². The van der Waals surface area contributed by atoms with E-state index < -0.39 is 0 Å². The van der Waals surface area contributed by atoms with E-state index in [4.69, 9.17) is 11.6 Å². The summed E-state index contributed by atoms with van der Waals surface area (Å²) < 4.78 is 0. The van der Waals surface area contributed by atoms with Gasteiger partial charge in [-0.2, -0.15) is 0 Å². The molecule has 2 nitrogen and oxygen atoms in total. The third-order valence-corrected chi connectivity index (χ3v) is 2.94. The molecule has 86 valence electrons. The highest BCUT2D eigenvalue weighted by atomic mass is 35.5. The molecule has 2 N–H and O–H groups in total. The highest BCUT2D eigenvalue weighted by molar-refractivity contribution is 6.36. The van der Waals surface area contributed by atoms with Crippen LogP contribution in [0.5, 0.6) is 0 Å². The zero-order valence-electron chi connectivity index (χ0n) is 9.89. The van der Waals surface area contributed by atoms with Gasteiger partial charge in [0.1, 0.15) is 0 Å². The standard InChI is InChI=1S/C13H17ClN2/c1-13(2,3)15-8-11-12(14)9-6-4-5-7-10(9)16-11/h4-7,15-16H,8H2,1-3H3. The number of rotatable bonds is 2. The number of benzene rings is 1. The third kappa shape index (κ3) is 2.39. The smallest absolute Gasteiger partial charge is 0.0705 e. The van der Waals surface area contributed by atoms with E-state index in [1.54, 1.807) is 0 Å². The van der Waals surface area contributed by atoms with Gasteiger partial charge in [0.25, 0.3) is 0 Å². The Morgan fingerprint density at radius 2 is 1.94 bits per heavy atom. The van der Waals surface area contributed by atoms with Gasteiger partial charge < -0.3 is 10.3 Å². The maximum Gasteiger partial charge on any atom is 0.0705 e. The Kier molecular flexibility index (Phi) is 2.96. The summed E-state index contributed by atoms with van der Waals surface area (Å²) in [5.74, 6) is 0. The summed E-state index contributed by atoms with van der Waals surface area (Å²) in [5, 5.41) is 5.34. The fourth-order valence-corrected chi connectivity index (χ4v) is 1.92. The number of aromatic nitrogens is 1. The molecule has 16 heavy (non-hydrogen) atoms. The average molecular weight is 237 g/mol. The van der Waals surface area contributed by atoms with Crippen LogP contribution in [0.25, 0.3) is 10.9 Å². The maximum atomic E-state index is 6.31. The fraction of sp³-hybridized carbons (Fsp3) is 0.385. The molecule has 0 unspecified atom stereocenters. The lowest BCUT2D eigenvalue weighted by Gasteiger charge is -2.20. The minimum absolute atomic E-state index is 0.0978. The van der Waals surface area contributed by atoms with Gasteiger partial charge in [-0.05, 0) is 26.8 Å². The van der Waals surface area contributed by atoms with Crippen molar-refractivity contribution >= 4 is 22.5 Å². The largest absolute Gasteiger partial charge is 0.356 e. The Labute approximate surface area is 101 Å². The van der Waals surface area contributed by atoms with Crippen molar-refractivity contribution in [2.75, 3.05) is 0 Å². The van der Waals surface area contributed by atoms with Gasteiger partial charge in [-0.25, -0.2) is 0 Å². The SMILES string of the molecule is CC(C)(C)NCc1[nH]c2ccccc2c1Cl. The second-order valence-electron chi connectivity index (χ2n) is 5.07. The number of H-pyrrole nitrogens is 1. The average Bonchev–Trinajstić information content (AvgIpc) is 2.53. The van der Waals surface area contributed by atoms with Crippen LogP contribution in [-0.4, -0.2) is 10.5 Å². The molecule has 0 atom stereocenters. The van der Waals surface area contributed by atoms with Crippen LogP contribution in [0.2, 0.25) is 5.02 Å². The van der Waals surface area contributed by atoms with E-state index in [-0.39, 0.29) is 5.54 Å². The van der Waals surface area contributed by atoms with Crippen LogP contribution in [0.15, 0.2) is 24.3 Å². The molecule has 0 fully saturated rings. The second kappa shape index (κ2) is 4.11. The van der Waals surface area contributed by atoms with Gasteiger partial charge >= 0.3 is 0 Å². The van der Waals surface area contributed by atoms with E-state index >= 15 is 0 Å².